The van der Waals surface area contributed by atoms with E-state index in [9.17, 15) is 4.39 Å². The average molecular weight is 520 g/mol. The molecule has 0 atom stereocenters. The first-order valence-electron chi connectivity index (χ1n) is 9.17. The molecule has 0 bridgehead atoms. The third-order valence-corrected chi connectivity index (χ3v) is 5.23. The number of guanidine groups is 1. The van der Waals surface area contributed by atoms with Gasteiger partial charge in [-0.1, -0.05) is 6.92 Å². The molecule has 1 aliphatic rings. The number of ether oxygens (including phenoxy) is 2. The second kappa shape index (κ2) is 11.5. The van der Waals surface area contributed by atoms with Gasteiger partial charge in [-0.3, -0.25) is 0 Å². The molecule has 28 heavy (non-hydrogen) atoms. The topological polar surface area (TPSA) is 67.8 Å². The summed E-state index contributed by atoms with van der Waals surface area (Å²) in [4.78, 5) is 10.2. The van der Waals surface area contributed by atoms with E-state index < -0.39 is 0 Å². The molecule has 0 fully saturated rings. The Kier molecular flexibility index (Phi) is 9.39. The number of thiazole rings is 1. The Hall–Kier alpha value is -1.46. The average Bonchev–Trinajstić information content (AvgIpc) is 3.14. The molecule has 154 valence electrons. The van der Waals surface area contributed by atoms with Crippen molar-refractivity contribution in [1.29, 1.82) is 0 Å². The molecular formula is C19H26FIN4O2S. The van der Waals surface area contributed by atoms with Gasteiger partial charge in [0.15, 0.2) is 12.8 Å². The number of nitrogens with one attached hydrogen (secondary N) is 2. The molecule has 2 heterocycles. The van der Waals surface area contributed by atoms with Crippen LogP contribution in [0, 0.1) is 5.82 Å². The van der Waals surface area contributed by atoms with E-state index in [1.165, 1.54) is 17.0 Å². The SMILES string of the molecule is CCNC(=NCc1ncc(CC)s1)NCCc1cc(F)cc2c1OCOC2.I. The van der Waals surface area contributed by atoms with E-state index in [2.05, 4.69) is 27.5 Å². The Bertz CT molecular complexity index is 800. The van der Waals surface area contributed by atoms with Crippen molar-refractivity contribution >= 4 is 41.3 Å². The summed E-state index contributed by atoms with van der Waals surface area (Å²) in [6.45, 7) is 6.64. The highest BCUT2D eigenvalue weighted by atomic mass is 127. The van der Waals surface area contributed by atoms with Gasteiger partial charge in [0, 0.05) is 29.7 Å². The molecule has 0 radical (unpaired) electrons. The summed E-state index contributed by atoms with van der Waals surface area (Å²) in [5.74, 6) is 1.19. The Balaban J connectivity index is 0.00000280. The molecule has 6 nitrogen and oxygen atoms in total. The normalized spacial score (nSPS) is 13.3. The first-order chi connectivity index (χ1) is 13.2. The minimum Gasteiger partial charge on any atom is -0.467 e. The Labute approximate surface area is 186 Å². The number of halogens is 2. The summed E-state index contributed by atoms with van der Waals surface area (Å²) in [5.41, 5.74) is 1.59. The van der Waals surface area contributed by atoms with Crippen molar-refractivity contribution in [3.63, 3.8) is 0 Å². The number of rotatable bonds is 7. The first kappa shape index (κ1) is 22.8. The van der Waals surface area contributed by atoms with Crippen molar-refractivity contribution in [1.82, 2.24) is 15.6 Å². The molecule has 0 aliphatic carbocycles. The van der Waals surface area contributed by atoms with E-state index in [0.29, 0.717) is 26.1 Å². The molecule has 0 spiro atoms. The van der Waals surface area contributed by atoms with Gasteiger partial charge in [-0.25, -0.2) is 14.4 Å². The zero-order valence-electron chi connectivity index (χ0n) is 16.1. The standard InChI is InChI=1S/C19H25FN4O2S.HI/c1-3-16-9-23-17(27-16)10-24-19(21-4-2)22-6-5-13-7-15(20)8-14-11-25-12-26-18(13)14;/h7-9H,3-6,10-12H2,1-2H3,(H2,21,22,24);1H. The maximum atomic E-state index is 13.8. The number of benzene rings is 1. The van der Waals surface area contributed by atoms with Crippen molar-refractivity contribution < 1.29 is 13.9 Å². The zero-order valence-corrected chi connectivity index (χ0v) is 19.2. The van der Waals surface area contributed by atoms with E-state index in [1.54, 1.807) is 11.3 Å². The van der Waals surface area contributed by atoms with Crippen LogP contribution in [0.2, 0.25) is 0 Å². The maximum absolute atomic E-state index is 13.8. The third kappa shape index (κ3) is 6.28. The van der Waals surface area contributed by atoms with Crippen LogP contribution < -0.4 is 15.4 Å². The van der Waals surface area contributed by atoms with E-state index in [1.807, 2.05) is 13.1 Å². The number of hydrogen-bond acceptors (Lipinski definition) is 5. The number of aryl methyl sites for hydroxylation is 1. The zero-order chi connectivity index (χ0) is 19.1. The molecule has 0 amide bonds. The lowest BCUT2D eigenvalue weighted by atomic mass is 10.1. The van der Waals surface area contributed by atoms with Crippen molar-refractivity contribution in [3.05, 3.63) is 45.2 Å². The van der Waals surface area contributed by atoms with Crippen LogP contribution in [-0.4, -0.2) is 30.8 Å². The van der Waals surface area contributed by atoms with Crippen LogP contribution in [0.4, 0.5) is 4.39 Å². The lowest BCUT2D eigenvalue weighted by molar-refractivity contribution is -0.0172. The van der Waals surface area contributed by atoms with Crippen LogP contribution >= 0.6 is 35.3 Å². The second-order valence-electron chi connectivity index (χ2n) is 6.11. The number of aromatic nitrogens is 1. The Morgan fingerprint density at radius 2 is 2.18 bits per heavy atom. The monoisotopic (exact) mass is 520 g/mol. The lowest BCUT2D eigenvalue weighted by Crippen LogP contribution is -2.38. The molecule has 1 aromatic heterocycles. The van der Waals surface area contributed by atoms with Gasteiger partial charge < -0.3 is 20.1 Å². The van der Waals surface area contributed by atoms with Gasteiger partial charge in [0.2, 0.25) is 0 Å². The molecular weight excluding hydrogens is 494 g/mol. The molecule has 0 unspecified atom stereocenters. The summed E-state index contributed by atoms with van der Waals surface area (Å²) in [7, 11) is 0. The molecule has 1 aromatic carbocycles. The predicted molar refractivity (Wildman–Crippen MR) is 120 cm³/mol. The summed E-state index contributed by atoms with van der Waals surface area (Å²) >= 11 is 1.69. The minimum atomic E-state index is -0.270. The van der Waals surface area contributed by atoms with E-state index in [0.717, 1.165) is 40.8 Å². The highest BCUT2D eigenvalue weighted by Gasteiger charge is 2.16. The van der Waals surface area contributed by atoms with Crippen molar-refractivity contribution in [2.45, 2.75) is 39.8 Å². The fraction of sp³-hybridized carbons (Fsp3) is 0.474. The summed E-state index contributed by atoms with van der Waals surface area (Å²) in [5, 5.41) is 7.51. The van der Waals surface area contributed by atoms with Gasteiger partial charge in [0.25, 0.3) is 0 Å². The minimum absolute atomic E-state index is 0. The van der Waals surface area contributed by atoms with Crippen molar-refractivity contribution in [2.24, 2.45) is 4.99 Å². The van der Waals surface area contributed by atoms with E-state index in [4.69, 9.17) is 9.47 Å². The molecule has 1 aliphatic heterocycles. The summed E-state index contributed by atoms with van der Waals surface area (Å²) in [6.07, 6.45) is 3.53. The number of fused-ring (bicyclic) bond motifs is 1. The number of nitrogens with zero attached hydrogens (tertiary/aromatic N) is 2. The van der Waals surface area contributed by atoms with Crippen LogP contribution in [0.5, 0.6) is 5.75 Å². The quantitative estimate of drug-likeness (QED) is 0.332. The Morgan fingerprint density at radius 1 is 1.32 bits per heavy atom. The molecule has 0 saturated carbocycles. The molecule has 0 saturated heterocycles. The fourth-order valence-electron chi connectivity index (χ4n) is 2.83. The molecule has 2 aromatic rings. The number of hydrogen-bond donors (Lipinski definition) is 2. The van der Waals surface area contributed by atoms with Gasteiger partial charge >= 0.3 is 0 Å². The first-order valence-corrected chi connectivity index (χ1v) is 9.98. The highest BCUT2D eigenvalue weighted by molar-refractivity contribution is 14.0. The maximum Gasteiger partial charge on any atom is 0.191 e. The van der Waals surface area contributed by atoms with Gasteiger partial charge in [-0.05, 0) is 37.5 Å². The summed E-state index contributed by atoms with van der Waals surface area (Å²) in [6, 6.07) is 2.99. The van der Waals surface area contributed by atoms with E-state index >= 15 is 0 Å². The van der Waals surface area contributed by atoms with Gasteiger partial charge in [0.05, 0.1) is 13.2 Å². The van der Waals surface area contributed by atoms with Crippen LogP contribution in [0.1, 0.15) is 34.9 Å². The van der Waals surface area contributed by atoms with Gasteiger partial charge in [-0.2, -0.15) is 0 Å². The Morgan fingerprint density at radius 3 is 2.93 bits per heavy atom. The predicted octanol–water partition coefficient (Wildman–Crippen LogP) is 3.63. The summed E-state index contributed by atoms with van der Waals surface area (Å²) < 4.78 is 24.6. The third-order valence-electron chi connectivity index (χ3n) is 4.11. The highest BCUT2D eigenvalue weighted by Crippen LogP contribution is 2.29. The van der Waals surface area contributed by atoms with E-state index in [-0.39, 0.29) is 36.6 Å². The fourth-order valence-corrected chi connectivity index (χ4v) is 3.62. The molecule has 3 rings (SSSR count). The van der Waals surface area contributed by atoms with Crippen LogP contribution in [0.25, 0.3) is 0 Å². The van der Waals surface area contributed by atoms with Crippen LogP contribution in [0.3, 0.4) is 0 Å². The van der Waals surface area contributed by atoms with Crippen molar-refractivity contribution in [2.75, 3.05) is 19.9 Å². The molecule has 2 N–H and O–H groups in total. The lowest BCUT2D eigenvalue weighted by Gasteiger charge is -2.21. The number of aliphatic imine (C=N–C) groups is 1. The van der Waals surface area contributed by atoms with Crippen LogP contribution in [0.15, 0.2) is 23.3 Å². The van der Waals surface area contributed by atoms with Crippen LogP contribution in [-0.2, 0) is 30.7 Å². The van der Waals surface area contributed by atoms with Gasteiger partial charge in [0.1, 0.15) is 16.6 Å². The molecule has 9 heteroatoms. The smallest absolute Gasteiger partial charge is 0.191 e. The second-order valence-corrected chi connectivity index (χ2v) is 7.31. The largest absolute Gasteiger partial charge is 0.467 e. The van der Waals surface area contributed by atoms with Crippen molar-refractivity contribution in [3.8, 4) is 5.75 Å². The van der Waals surface area contributed by atoms with Gasteiger partial charge in [-0.15, -0.1) is 35.3 Å².